The van der Waals surface area contributed by atoms with Crippen LogP contribution in [0.1, 0.15) is 5.56 Å². The zero-order valence-electron chi connectivity index (χ0n) is 9.11. The van der Waals surface area contributed by atoms with Crippen molar-refractivity contribution >= 4 is 12.0 Å². The van der Waals surface area contributed by atoms with Crippen LogP contribution in [0.3, 0.4) is 0 Å². The number of carboxylic acid groups (broad SMARTS) is 1. The molecular weight excluding hydrogens is 224 g/mol. The highest BCUT2D eigenvalue weighted by Gasteiger charge is 2.20. The monoisotopic (exact) mass is 238 g/mol. The Morgan fingerprint density at radius 2 is 1.88 bits per heavy atom. The number of hydrogen-bond acceptors (Lipinski definition) is 3. The number of aliphatic hydroxyl groups excluding tert-OH is 1. The van der Waals surface area contributed by atoms with Crippen molar-refractivity contribution in [3.05, 3.63) is 35.9 Å². The molecule has 1 atom stereocenters. The average molecular weight is 238 g/mol. The van der Waals surface area contributed by atoms with Gasteiger partial charge in [0.15, 0.2) is 6.10 Å². The van der Waals surface area contributed by atoms with E-state index >= 15 is 0 Å². The number of benzene rings is 1. The first kappa shape index (κ1) is 13.0. The fraction of sp³-hybridized carbons (Fsp3) is 0.273. The largest absolute Gasteiger partial charge is 0.479 e. The number of hydrogen-bond donors (Lipinski definition) is 3. The second kappa shape index (κ2) is 5.86. The van der Waals surface area contributed by atoms with E-state index in [1.165, 1.54) is 0 Å². The Kier molecular flexibility index (Phi) is 4.47. The smallest absolute Gasteiger partial charge is 0.334 e. The van der Waals surface area contributed by atoms with E-state index in [1.807, 2.05) is 6.07 Å². The van der Waals surface area contributed by atoms with E-state index in [2.05, 4.69) is 0 Å². The molecule has 17 heavy (non-hydrogen) atoms. The standard InChI is InChI=1S/C11H14N2O4/c12-11(17)13(7-9(14)10(15)16)6-8-4-2-1-3-5-8/h1-5,9,14H,6-7H2,(H2,12,17)(H,15,16). The number of carbonyl (C=O) groups excluding carboxylic acids is 1. The van der Waals surface area contributed by atoms with Crippen LogP contribution in [0.15, 0.2) is 30.3 Å². The van der Waals surface area contributed by atoms with E-state index < -0.39 is 18.1 Å². The molecule has 2 amide bonds. The van der Waals surface area contributed by atoms with Crippen molar-refractivity contribution in [1.82, 2.24) is 4.90 Å². The molecule has 0 aliphatic carbocycles. The number of carboxylic acids is 1. The number of aliphatic hydroxyl groups is 1. The average Bonchev–Trinajstić information content (AvgIpc) is 2.29. The molecule has 0 heterocycles. The number of carbonyl (C=O) groups is 2. The van der Waals surface area contributed by atoms with Gasteiger partial charge in [0.2, 0.25) is 0 Å². The molecule has 0 aromatic heterocycles. The highest BCUT2D eigenvalue weighted by Crippen LogP contribution is 2.05. The number of nitrogens with zero attached hydrogens (tertiary/aromatic N) is 1. The van der Waals surface area contributed by atoms with E-state index in [-0.39, 0.29) is 13.1 Å². The summed E-state index contributed by atoms with van der Waals surface area (Å²) in [5.41, 5.74) is 5.93. The Hall–Kier alpha value is -2.08. The molecule has 0 saturated carbocycles. The summed E-state index contributed by atoms with van der Waals surface area (Å²) in [4.78, 5) is 22.7. The van der Waals surface area contributed by atoms with E-state index in [0.29, 0.717) is 0 Å². The van der Waals surface area contributed by atoms with Crippen molar-refractivity contribution in [2.45, 2.75) is 12.6 Å². The highest BCUT2D eigenvalue weighted by molar-refractivity contribution is 5.75. The van der Waals surface area contributed by atoms with Crippen LogP contribution in [0.25, 0.3) is 0 Å². The van der Waals surface area contributed by atoms with Gasteiger partial charge in [-0.1, -0.05) is 30.3 Å². The molecule has 0 radical (unpaired) electrons. The van der Waals surface area contributed by atoms with Gasteiger partial charge < -0.3 is 20.8 Å². The summed E-state index contributed by atoms with van der Waals surface area (Å²) in [7, 11) is 0. The van der Waals surface area contributed by atoms with E-state index in [4.69, 9.17) is 10.8 Å². The number of nitrogens with two attached hydrogens (primary N) is 1. The number of amides is 2. The van der Waals surface area contributed by atoms with Crippen LogP contribution in [0.2, 0.25) is 0 Å². The third kappa shape index (κ3) is 4.12. The number of rotatable bonds is 5. The van der Waals surface area contributed by atoms with Gasteiger partial charge in [0, 0.05) is 6.54 Å². The fourth-order valence-electron chi connectivity index (χ4n) is 1.32. The van der Waals surface area contributed by atoms with Crippen LogP contribution in [-0.4, -0.2) is 39.8 Å². The quantitative estimate of drug-likeness (QED) is 0.672. The fourth-order valence-corrected chi connectivity index (χ4v) is 1.32. The molecular formula is C11H14N2O4. The summed E-state index contributed by atoms with van der Waals surface area (Å²) in [6.45, 7) is -0.167. The minimum atomic E-state index is -1.63. The predicted octanol–water partition coefficient (Wildman–Crippen LogP) is 0.0128. The van der Waals surface area contributed by atoms with Crippen LogP contribution < -0.4 is 5.73 Å². The van der Waals surface area contributed by atoms with Crippen molar-refractivity contribution in [2.24, 2.45) is 5.73 Å². The Morgan fingerprint density at radius 1 is 1.29 bits per heavy atom. The summed E-state index contributed by atoms with van der Waals surface area (Å²) in [6, 6.07) is 8.20. The molecule has 0 fully saturated rings. The number of primary amides is 1. The number of aliphatic carboxylic acids is 1. The third-order valence-corrected chi connectivity index (χ3v) is 2.21. The zero-order chi connectivity index (χ0) is 12.8. The molecule has 1 rings (SSSR count). The molecule has 0 saturated heterocycles. The van der Waals surface area contributed by atoms with Gasteiger partial charge in [-0.05, 0) is 5.56 Å². The molecule has 6 nitrogen and oxygen atoms in total. The van der Waals surface area contributed by atoms with Crippen LogP contribution in [0.4, 0.5) is 4.79 Å². The summed E-state index contributed by atoms with van der Waals surface area (Å²) >= 11 is 0. The lowest BCUT2D eigenvalue weighted by Gasteiger charge is -2.21. The Bertz CT molecular complexity index is 394. The molecule has 0 aliphatic rings. The molecule has 6 heteroatoms. The predicted molar refractivity (Wildman–Crippen MR) is 60.1 cm³/mol. The Morgan fingerprint density at radius 3 is 2.35 bits per heavy atom. The van der Waals surface area contributed by atoms with Crippen molar-refractivity contribution in [3.63, 3.8) is 0 Å². The first-order valence-electron chi connectivity index (χ1n) is 5.00. The SMILES string of the molecule is NC(=O)N(Cc1ccccc1)CC(O)C(=O)O. The van der Waals surface area contributed by atoms with Crippen LogP contribution >= 0.6 is 0 Å². The van der Waals surface area contributed by atoms with Crippen molar-refractivity contribution in [3.8, 4) is 0 Å². The molecule has 1 unspecified atom stereocenters. The van der Waals surface area contributed by atoms with Crippen molar-refractivity contribution in [1.29, 1.82) is 0 Å². The highest BCUT2D eigenvalue weighted by atomic mass is 16.4. The van der Waals surface area contributed by atoms with Gasteiger partial charge in [-0.3, -0.25) is 0 Å². The lowest BCUT2D eigenvalue weighted by Crippen LogP contribution is -2.42. The van der Waals surface area contributed by atoms with Crippen LogP contribution in [0.5, 0.6) is 0 Å². The minimum absolute atomic E-state index is 0.167. The topological polar surface area (TPSA) is 104 Å². The van der Waals surface area contributed by atoms with E-state index in [1.54, 1.807) is 24.3 Å². The van der Waals surface area contributed by atoms with Gasteiger partial charge in [-0.2, -0.15) is 0 Å². The lowest BCUT2D eigenvalue weighted by atomic mass is 10.2. The molecule has 1 aromatic carbocycles. The van der Waals surface area contributed by atoms with Gasteiger partial charge in [-0.25, -0.2) is 9.59 Å². The summed E-state index contributed by atoms with van der Waals surface area (Å²) in [6.07, 6.45) is -1.63. The molecule has 1 aromatic rings. The summed E-state index contributed by atoms with van der Waals surface area (Å²) in [5, 5.41) is 17.7. The molecule has 0 aliphatic heterocycles. The second-order valence-electron chi connectivity index (χ2n) is 3.56. The first-order chi connectivity index (χ1) is 8.00. The van der Waals surface area contributed by atoms with Gasteiger partial charge >= 0.3 is 12.0 Å². The zero-order valence-corrected chi connectivity index (χ0v) is 9.11. The van der Waals surface area contributed by atoms with Crippen molar-refractivity contribution < 1.29 is 19.8 Å². The maximum absolute atomic E-state index is 11.1. The lowest BCUT2D eigenvalue weighted by molar-refractivity contribution is -0.147. The van der Waals surface area contributed by atoms with Gasteiger partial charge in [0.1, 0.15) is 0 Å². The maximum Gasteiger partial charge on any atom is 0.334 e. The molecule has 0 spiro atoms. The van der Waals surface area contributed by atoms with Crippen LogP contribution in [0, 0.1) is 0 Å². The van der Waals surface area contributed by atoms with Crippen LogP contribution in [-0.2, 0) is 11.3 Å². The van der Waals surface area contributed by atoms with E-state index in [9.17, 15) is 14.7 Å². The van der Waals surface area contributed by atoms with Crippen molar-refractivity contribution in [2.75, 3.05) is 6.54 Å². The molecule has 92 valence electrons. The number of urea groups is 1. The summed E-state index contributed by atoms with van der Waals surface area (Å²) in [5.74, 6) is -1.38. The Balaban J connectivity index is 2.67. The van der Waals surface area contributed by atoms with Gasteiger partial charge in [-0.15, -0.1) is 0 Å². The second-order valence-corrected chi connectivity index (χ2v) is 3.56. The summed E-state index contributed by atoms with van der Waals surface area (Å²) < 4.78 is 0. The maximum atomic E-state index is 11.1. The molecule has 0 bridgehead atoms. The third-order valence-electron chi connectivity index (χ3n) is 2.21. The molecule has 4 N–H and O–H groups in total. The van der Waals surface area contributed by atoms with Gasteiger partial charge in [0.05, 0.1) is 6.54 Å². The Labute approximate surface area is 98.3 Å². The first-order valence-corrected chi connectivity index (χ1v) is 5.00. The van der Waals surface area contributed by atoms with E-state index in [0.717, 1.165) is 10.5 Å². The minimum Gasteiger partial charge on any atom is -0.479 e. The van der Waals surface area contributed by atoms with Gasteiger partial charge in [0.25, 0.3) is 0 Å². The normalized spacial score (nSPS) is 11.8.